The fraction of sp³-hybridized carbons (Fsp3) is 0.875. The molecule has 25 atom stereocenters. The summed E-state index contributed by atoms with van der Waals surface area (Å²) in [4.78, 5) is 25.4. The van der Waals surface area contributed by atoms with Crippen molar-refractivity contribution in [1.82, 2.24) is 0 Å². The van der Waals surface area contributed by atoms with Crippen molar-refractivity contribution >= 4 is 11.9 Å². The summed E-state index contributed by atoms with van der Waals surface area (Å²) in [6.45, 7) is 8.89. The second-order valence-corrected chi connectivity index (χ2v) is 21.3. The minimum Gasteiger partial charge on any atom is -0.463 e. The molecule has 0 aromatic carbocycles. The summed E-state index contributed by atoms with van der Waals surface area (Å²) in [5.41, 5.74) is 1.05. The Balaban J connectivity index is 1.00. The molecule has 0 aromatic rings. The number of fused-ring (bicyclic) bond motifs is 5. The Hall–Kier alpha value is -2.26. The van der Waals surface area contributed by atoms with Gasteiger partial charge in [0.1, 0.15) is 73.8 Å². The standard InChI is InChI=1S/C48H76O21/c1-19(20(2)43(62)69-46-42(39(59)36(56)32(67-46)18-63-22(4)51)68-45-41(61)38(58)35(55)31(17-50)66-45)13-29(52)21(3)26-9-10-27-25-8-7-23-14-24(64-44-40(60)37(57)34(54)30(16-49)65-44)15-33(53)48(23,6)28(25)11-12-47(26,27)5/h7,21,24-42,44-46,49-50,52-61H,8-18H2,1-6H3/b20-19+/t21-,24+,25-,26+,27-,28-,29+,30+,31+,32+,33-,34+,35+,36+,37-,38-,39-,40+,41+,42+,44+,45-,46-,47+,48-/m0/s1. The van der Waals surface area contributed by atoms with Gasteiger partial charge in [-0.15, -0.1) is 0 Å². The summed E-state index contributed by atoms with van der Waals surface area (Å²) >= 11 is 0. The molecule has 4 aliphatic carbocycles. The van der Waals surface area contributed by atoms with Gasteiger partial charge in [-0.25, -0.2) is 4.79 Å². The van der Waals surface area contributed by atoms with E-state index in [0.29, 0.717) is 17.9 Å². The zero-order valence-electron chi connectivity index (χ0n) is 40.2. The van der Waals surface area contributed by atoms with Crippen LogP contribution in [0.3, 0.4) is 0 Å². The summed E-state index contributed by atoms with van der Waals surface area (Å²) in [6.07, 6.45) is -19.0. The molecule has 0 spiro atoms. The average Bonchev–Trinajstić information content (AvgIpc) is 3.67. The van der Waals surface area contributed by atoms with Gasteiger partial charge in [0.2, 0.25) is 6.29 Å². The molecule has 0 bridgehead atoms. The van der Waals surface area contributed by atoms with Crippen molar-refractivity contribution in [2.45, 2.75) is 203 Å². The first-order valence-electron chi connectivity index (χ1n) is 24.5. The van der Waals surface area contributed by atoms with Crippen LogP contribution in [0.2, 0.25) is 0 Å². The quantitative estimate of drug-likeness (QED) is 0.0518. The number of carbonyl (C=O) groups is 2. The van der Waals surface area contributed by atoms with Crippen molar-refractivity contribution in [2.24, 2.45) is 40.4 Å². The molecule has 0 unspecified atom stereocenters. The zero-order chi connectivity index (χ0) is 50.6. The minimum atomic E-state index is -1.91. The van der Waals surface area contributed by atoms with E-state index in [2.05, 4.69) is 19.9 Å². The van der Waals surface area contributed by atoms with Crippen LogP contribution >= 0.6 is 0 Å². The van der Waals surface area contributed by atoms with E-state index in [1.165, 1.54) is 6.92 Å². The largest absolute Gasteiger partial charge is 0.463 e. The van der Waals surface area contributed by atoms with Crippen molar-refractivity contribution in [3.05, 3.63) is 22.8 Å². The second kappa shape index (κ2) is 21.7. The van der Waals surface area contributed by atoms with Gasteiger partial charge < -0.3 is 94.4 Å². The Morgan fingerprint density at radius 1 is 0.739 bits per heavy atom. The third kappa shape index (κ3) is 10.3. The van der Waals surface area contributed by atoms with E-state index in [4.69, 9.17) is 33.2 Å². The molecule has 0 aromatic heterocycles. The van der Waals surface area contributed by atoms with Crippen molar-refractivity contribution in [3.8, 4) is 0 Å². The topological polar surface area (TPSA) is 342 Å². The van der Waals surface area contributed by atoms with Gasteiger partial charge in [-0.2, -0.15) is 0 Å². The summed E-state index contributed by atoms with van der Waals surface area (Å²) in [5.74, 6) is -0.901. The van der Waals surface area contributed by atoms with Crippen molar-refractivity contribution < 1.29 is 104 Å². The van der Waals surface area contributed by atoms with E-state index in [0.717, 1.165) is 44.6 Å². The molecule has 6 fully saturated rings. The number of ether oxygens (including phenoxy) is 7. The first-order chi connectivity index (χ1) is 32.5. The van der Waals surface area contributed by atoms with E-state index in [9.17, 15) is 70.9 Å². The fourth-order valence-corrected chi connectivity index (χ4v) is 13.2. The Bertz CT molecular complexity index is 1860. The van der Waals surface area contributed by atoms with E-state index in [1.807, 2.05) is 6.92 Å². The van der Waals surface area contributed by atoms with Gasteiger partial charge in [-0.1, -0.05) is 38.0 Å². The van der Waals surface area contributed by atoms with Gasteiger partial charge in [0, 0.05) is 24.3 Å². The molecule has 3 aliphatic heterocycles. The lowest BCUT2D eigenvalue weighted by atomic mass is 9.46. The number of allylic oxidation sites excluding steroid dienone is 1. The van der Waals surface area contributed by atoms with Gasteiger partial charge in [0.25, 0.3) is 0 Å². The fourth-order valence-electron chi connectivity index (χ4n) is 13.2. The van der Waals surface area contributed by atoms with Crippen LogP contribution in [0.5, 0.6) is 0 Å². The monoisotopic (exact) mass is 988 g/mol. The van der Waals surface area contributed by atoms with Gasteiger partial charge >= 0.3 is 11.9 Å². The average molecular weight is 989 g/mol. The molecule has 3 saturated heterocycles. The number of hydrogen-bond donors (Lipinski definition) is 12. The molecule has 69 heavy (non-hydrogen) atoms. The highest BCUT2D eigenvalue weighted by molar-refractivity contribution is 5.88. The molecule has 0 radical (unpaired) electrons. The molecule has 7 rings (SSSR count). The maximum atomic E-state index is 13.8. The van der Waals surface area contributed by atoms with Crippen LogP contribution in [-0.4, -0.2) is 203 Å². The summed E-state index contributed by atoms with van der Waals surface area (Å²) in [5, 5.41) is 128. The van der Waals surface area contributed by atoms with Crippen LogP contribution < -0.4 is 0 Å². The lowest BCUT2D eigenvalue weighted by Gasteiger charge is -2.60. The normalized spacial score (nSPS) is 47.9. The van der Waals surface area contributed by atoms with E-state index in [1.54, 1.807) is 6.92 Å². The Kier molecular flexibility index (Phi) is 17.1. The Morgan fingerprint density at radius 3 is 1.91 bits per heavy atom. The Labute approximate surface area is 401 Å². The molecule has 0 amide bonds. The molecule has 3 heterocycles. The lowest BCUT2D eigenvalue weighted by Crippen LogP contribution is -2.65. The maximum Gasteiger partial charge on any atom is 0.336 e. The highest BCUT2D eigenvalue weighted by atomic mass is 16.8. The van der Waals surface area contributed by atoms with Crippen LogP contribution in [0.4, 0.5) is 0 Å². The van der Waals surface area contributed by atoms with Gasteiger partial charge in [-0.3, -0.25) is 4.79 Å². The number of esters is 2. The second-order valence-electron chi connectivity index (χ2n) is 21.3. The first kappa shape index (κ1) is 54.5. The molecule has 21 heteroatoms. The number of aliphatic hydroxyl groups excluding tert-OH is 12. The third-order valence-electron chi connectivity index (χ3n) is 17.6. The van der Waals surface area contributed by atoms with Crippen molar-refractivity contribution in [1.29, 1.82) is 0 Å². The molecule has 12 N–H and O–H groups in total. The van der Waals surface area contributed by atoms with Crippen LogP contribution in [0.1, 0.15) is 92.9 Å². The molecular weight excluding hydrogens is 913 g/mol. The molecule has 394 valence electrons. The number of rotatable bonds is 14. The van der Waals surface area contributed by atoms with Crippen LogP contribution in [-0.2, 0) is 42.7 Å². The van der Waals surface area contributed by atoms with Gasteiger partial charge in [0.15, 0.2) is 18.7 Å². The highest BCUT2D eigenvalue weighted by Crippen LogP contribution is 2.67. The highest BCUT2D eigenvalue weighted by Gasteiger charge is 2.62. The number of aliphatic hydroxyl groups is 12. The van der Waals surface area contributed by atoms with E-state index >= 15 is 0 Å². The molecular formula is C48H76O21. The number of carbonyl (C=O) groups excluding carboxylic acids is 2. The lowest BCUT2D eigenvalue weighted by molar-refractivity contribution is -0.362. The van der Waals surface area contributed by atoms with Crippen LogP contribution in [0.15, 0.2) is 22.8 Å². The predicted octanol–water partition coefficient (Wildman–Crippen LogP) is -1.82. The van der Waals surface area contributed by atoms with E-state index in [-0.39, 0.29) is 47.5 Å². The van der Waals surface area contributed by atoms with Crippen molar-refractivity contribution in [2.75, 3.05) is 19.8 Å². The maximum absolute atomic E-state index is 13.8. The first-order valence-corrected chi connectivity index (χ1v) is 24.5. The predicted molar refractivity (Wildman–Crippen MR) is 235 cm³/mol. The molecule has 21 nitrogen and oxygen atoms in total. The van der Waals surface area contributed by atoms with Gasteiger partial charge in [-0.05, 0) is 93.8 Å². The summed E-state index contributed by atoms with van der Waals surface area (Å²) in [7, 11) is 0. The van der Waals surface area contributed by atoms with Crippen LogP contribution in [0, 0.1) is 40.4 Å². The Morgan fingerprint density at radius 2 is 1.32 bits per heavy atom. The van der Waals surface area contributed by atoms with E-state index < -0.39 is 148 Å². The SMILES string of the molecule is CC(=O)OC[C@H]1O[C@@H](OC(=O)/C(C)=C(\C)C[C@@H](O)[C@@H](C)[C@H]2CC[C@H]3[C@@H]4CC=C5C[C@@H](O[C@@H]6O[C@H](CO)[C@@H](O)[C@H](O)[C@H]6O)C[C@H](O)[C@]5(C)[C@H]4CC[C@]23C)[C@H](O[C@@H]2O[C@H](CO)[C@@H](O)[C@H](O)[C@H]2O)[C@@H](O)[C@@H]1O. The molecule has 7 aliphatic rings. The third-order valence-corrected chi connectivity index (χ3v) is 17.6. The van der Waals surface area contributed by atoms with Gasteiger partial charge in [0.05, 0.1) is 31.5 Å². The smallest absolute Gasteiger partial charge is 0.336 e. The summed E-state index contributed by atoms with van der Waals surface area (Å²) in [6, 6.07) is 0. The molecule has 3 saturated carbocycles. The summed E-state index contributed by atoms with van der Waals surface area (Å²) < 4.78 is 39.4. The number of hydrogen-bond acceptors (Lipinski definition) is 21. The van der Waals surface area contributed by atoms with Crippen LogP contribution in [0.25, 0.3) is 0 Å². The zero-order valence-corrected chi connectivity index (χ0v) is 40.2. The minimum absolute atomic E-state index is 0.106. The van der Waals surface area contributed by atoms with Crippen molar-refractivity contribution in [3.63, 3.8) is 0 Å².